The highest BCUT2D eigenvalue weighted by Crippen LogP contribution is 2.35. The van der Waals surface area contributed by atoms with Crippen molar-refractivity contribution in [3.05, 3.63) is 29.3 Å². The number of benzene rings is 1. The average Bonchev–Trinajstić information content (AvgIpc) is 2.81. The van der Waals surface area contributed by atoms with Crippen LogP contribution in [0.5, 0.6) is 5.75 Å². The number of fused-ring (bicyclic) bond motifs is 1. The van der Waals surface area contributed by atoms with E-state index in [9.17, 15) is 0 Å². The molecule has 3 heteroatoms. The van der Waals surface area contributed by atoms with Crippen molar-refractivity contribution < 1.29 is 4.74 Å². The van der Waals surface area contributed by atoms with Gasteiger partial charge >= 0.3 is 0 Å². The van der Waals surface area contributed by atoms with Crippen LogP contribution in [0.2, 0.25) is 0 Å². The van der Waals surface area contributed by atoms with E-state index in [1.807, 2.05) is 0 Å². The topological polar surface area (TPSA) is 15.7 Å². The van der Waals surface area contributed by atoms with Crippen molar-refractivity contribution in [3.63, 3.8) is 0 Å². The summed E-state index contributed by atoms with van der Waals surface area (Å²) in [6.07, 6.45) is 1.05. The molecule has 0 aliphatic carbocycles. The van der Waals surface area contributed by atoms with Crippen LogP contribution in [0.15, 0.2) is 18.2 Å². The maximum absolute atomic E-state index is 5.60. The lowest BCUT2D eigenvalue weighted by molar-refractivity contribution is 0.0379. The molecule has 98 valence electrons. The maximum atomic E-state index is 5.60. The minimum absolute atomic E-state index is 0.116. The van der Waals surface area contributed by atoms with Crippen LogP contribution in [-0.4, -0.2) is 50.1 Å². The van der Waals surface area contributed by atoms with Gasteiger partial charge in [0.05, 0.1) is 12.1 Å². The fourth-order valence-corrected chi connectivity index (χ4v) is 3.13. The quantitative estimate of drug-likeness (QED) is 0.750. The van der Waals surface area contributed by atoms with E-state index in [0.717, 1.165) is 38.4 Å². The molecule has 0 bridgehead atoms. The molecule has 0 saturated carbocycles. The smallest absolute Gasteiger partial charge is 0.122 e. The second kappa shape index (κ2) is 4.25. The lowest BCUT2D eigenvalue weighted by atomic mass is 9.87. The molecule has 1 unspecified atom stereocenters. The Hall–Kier alpha value is -1.06. The van der Waals surface area contributed by atoms with E-state index in [1.54, 1.807) is 0 Å². The number of nitrogens with zero attached hydrogens (tertiary/aromatic N) is 2. The molecule has 0 spiro atoms. The first-order valence-corrected chi connectivity index (χ1v) is 6.75. The zero-order valence-corrected chi connectivity index (χ0v) is 11.6. The molecular weight excluding hydrogens is 224 g/mol. The molecule has 1 fully saturated rings. The summed E-state index contributed by atoms with van der Waals surface area (Å²) in [4.78, 5) is 4.90. The van der Waals surface area contributed by atoms with Crippen molar-refractivity contribution in [2.75, 3.05) is 40.3 Å². The third-order valence-electron chi connectivity index (χ3n) is 4.55. The Balaban J connectivity index is 1.97. The van der Waals surface area contributed by atoms with Crippen LogP contribution < -0.4 is 4.74 Å². The summed E-state index contributed by atoms with van der Waals surface area (Å²) < 4.78 is 5.60. The Kier molecular flexibility index (Phi) is 2.83. The summed E-state index contributed by atoms with van der Waals surface area (Å²) in [5.74, 6) is 1.08. The summed E-state index contributed by atoms with van der Waals surface area (Å²) in [5.41, 5.74) is 2.90. The molecule has 0 amide bonds. The van der Waals surface area contributed by atoms with Gasteiger partial charge in [-0.3, -0.25) is 4.90 Å². The van der Waals surface area contributed by atoms with Crippen LogP contribution in [0.3, 0.4) is 0 Å². The molecule has 1 saturated heterocycles. The Labute approximate surface area is 109 Å². The van der Waals surface area contributed by atoms with Crippen molar-refractivity contribution in [2.45, 2.75) is 18.9 Å². The van der Waals surface area contributed by atoms with Crippen molar-refractivity contribution in [2.24, 2.45) is 0 Å². The number of piperazine rings is 1. The molecule has 0 radical (unpaired) electrons. The third kappa shape index (κ3) is 1.82. The van der Waals surface area contributed by atoms with E-state index in [1.165, 1.54) is 11.1 Å². The van der Waals surface area contributed by atoms with Gasteiger partial charge < -0.3 is 9.64 Å². The molecular formula is C15H22N2O. The third-order valence-corrected chi connectivity index (χ3v) is 4.55. The Morgan fingerprint density at radius 1 is 1.22 bits per heavy atom. The Bertz CT molecular complexity index is 460. The van der Waals surface area contributed by atoms with Crippen molar-refractivity contribution in [3.8, 4) is 5.75 Å². The van der Waals surface area contributed by atoms with Crippen LogP contribution in [0, 0.1) is 0 Å². The molecule has 0 aromatic heterocycles. The minimum Gasteiger partial charge on any atom is -0.493 e. The van der Waals surface area contributed by atoms with Gasteiger partial charge in [0.25, 0.3) is 0 Å². The second-order valence-electron chi connectivity index (χ2n) is 5.85. The van der Waals surface area contributed by atoms with Gasteiger partial charge in [-0.1, -0.05) is 12.1 Å². The molecule has 1 aromatic rings. The van der Waals surface area contributed by atoms with Gasteiger partial charge in [0.1, 0.15) is 5.75 Å². The van der Waals surface area contributed by atoms with E-state index in [2.05, 4.69) is 49.0 Å². The zero-order valence-electron chi connectivity index (χ0n) is 11.6. The largest absolute Gasteiger partial charge is 0.493 e. The predicted octanol–water partition coefficient (Wildman–Crippen LogP) is 1.71. The molecule has 3 nitrogen and oxygen atoms in total. The molecule has 3 rings (SSSR count). The Morgan fingerprint density at radius 3 is 2.89 bits per heavy atom. The first kappa shape index (κ1) is 12.0. The van der Waals surface area contributed by atoms with Gasteiger partial charge in [-0.25, -0.2) is 0 Å². The average molecular weight is 246 g/mol. The molecule has 2 heterocycles. The van der Waals surface area contributed by atoms with E-state index in [-0.39, 0.29) is 5.54 Å². The number of hydrogen-bond donors (Lipinski definition) is 0. The standard InChI is InChI=1S/C15H22N2O/c1-15(11-16(2)7-8-17(15)3)13-4-5-14-12(10-13)6-9-18-14/h4-5,10H,6-9,11H2,1-3H3. The summed E-state index contributed by atoms with van der Waals surface area (Å²) in [5, 5.41) is 0. The second-order valence-corrected chi connectivity index (χ2v) is 5.85. The summed E-state index contributed by atoms with van der Waals surface area (Å²) in [6, 6.07) is 6.73. The van der Waals surface area contributed by atoms with Gasteiger partial charge in [0, 0.05) is 26.1 Å². The lowest BCUT2D eigenvalue weighted by Crippen LogP contribution is -2.56. The Morgan fingerprint density at radius 2 is 2.06 bits per heavy atom. The van der Waals surface area contributed by atoms with Gasteiger partial charge in [-0.05, 0) is 38.2 Å². The number of ether oxygens (including phenoxy) is 1. The van der Waals surface area contributed by atoms with Crippen LogP contribution in [0.25, 0.3) is 0 Å². The highest BCUT2D eigenvalue weighted by atomic mass is 16.5. The summed E-state index contributed by atoms with van der Waals surface area (Å²) >= 11 is 0. The van der Waals surface area contributed by atoms with E-state index in [4.69, 9.17) is 4.74 Å². The predicted molar refractivity (Wildman–Crippen MR) is 73.1 cm³/mol. The molecule has 2 aliphatic rings. The summed E-state index contributed by atoms with van der Waals surface area (Å²) in [6.45, 7) is 6.55. The number of rotatable bonds is 1. The highest BCUT2D eigenvalue weighted by molar-refractivity contribution is 5.42. The van der Waals surface area contributed by atoms with E-state index in [0.29, 0.717) is 0 Å². The number of hydrogen-bond acceptors (Lipinski definition) is 3. The van der Waals surface area contributed by atoms with Crippen LogP contribution in [-0.2, 0) is 12.0 Å². The molecule has 1 aromatic carbocycles. The molecule has 2 aliphatic heterocycles. The van der Waals surface area contributed by atoms with Crippen LogP contribution in [0.1, 0.15) is 18.1 Å². The molecule has 1 atom stereocenters. The first-order valence-electron chi connectivity index (χ1n) is 6.75. The molecule has 0 N–H and O–H groups in total. The van der Waals surface area contributed by atoms with Crippen molar-refractivity contribution in [1.82, 2.24) is 9.80 Å². The fraction of sp³-hybridized carbons (Fsp3) is 0.600. The van der Waals surface area contributed by atoms with E-state index >= 15 is 0 Å². The molecule has 18 heavy (non-hydrogen) atoms. The van der Waals surface area contributed by atoms with Gasteiger partial charge in [-0.15, -0.1) is 0 Å². The van der Waals surface area contributed by atoms with E-state index < -0.39 is 0 Å². The normalized spacial score (nSPS) is 29.1. The van der Waals surface area contributed by atoms with Gasteiger partial charge in [0.2, 0.25) is 0 Å². The fourth-order valence-electron chi connectivity index (χ4n) is 3.13. The zero-order chi connectivity index (χ0) is 12.8. The number of likely N-dealkylation sites (N-methyl/N-ethyl adjacent to an activating group) is 2. The van der Waals surface area contributed by atoms with Crippen LogP contribution >= 0.6 is 0 Å². The lowest BCUT2D eigenvalue weighted by Gasteiger charge is -2.47. The monoisotopic (exact) mass is 246 g/mol. The van der Waals surface area contributed by atoms with Crippen molar-refractivity contribution in [1.29, 1.82) is 0 Å². The van der Waals surface area contributed by atoms with Gasteiger partial charge in [0.15, 0.2) is 0 Å². The van der Waals surface area contributed by atoms with Gasteiger partial charge in [-0.2, -0.15) is 0 Å². The van der Waals surface area contributed by atoms with Crippen LogP contribution in [0.4, 0.5) is 0 Å². The minimum atomic E-state index is 0.116. The van der Waals surface area contributed by atoms with Crippen molar-refractivity contribution >= 4 is 0 Å². The highest BCUT2D eigenvalue weighted by Gasteiger charge is 2.36. The first-order chi connectivity index (χ1) is 8.59. The maximum Gasteiger partial charge on any atom is 0.122 e. The SMILES string of the molecule is CN1CCN(C)C(C)(c2ccc3c(c2)CCO3)C1. The summed E-state index contributed by atoms with van der Waals surface area (Å²) in [7, 11) is 4.44.